The number of aromatic nitrogens is 2. The van der Waals surface area contributed by atoms with Crippen molar-refractivity contribution in [3.63, 3.8) is 0 Å². The van der Waals surface area contributed by atoms with E-state index in [1.54, 1.807) is 23.1 Å². The summed E-state index contributed by atoms with van der Waals surface area (Å²) in [6.07, 6.45) is 0.0246. The van der Waals surface area contributed by atoms with E-state index < -0.39 is 4.92 Å². The fourth-order valence-electron chi connectivity index (χ4n) is 3.74. The minimum atomic E-state index is -0.448. The zero-order chi connectivity index (χ0) is 21.8. The van der Waals surface area contributed by atoms with Gasteiger partial charge >= 0.3 is 0 Å². The molecule has 0 spiro atoms. The molecule has 1 saturated heterocycles. The highest BCUT2D eigenvalue weighted by atomic mass is 16.6. The summed E-state index contributed by atoms with van der Waals surface area (Å²) in [5, 5.41) is 15.3. The van der Waals surface area contributed by atoms with Gasteiger partial charge in [0.25, 0.3) is 5.69 Å². The third kappa shape index (κ3) is 4.61. The Morgan fingerprint density at radius 3 is 2.48 bits per heavy atom. The Morgan fingerprint density at radius 1 is 1.10 bits per heavy atom. The van der Waals surface area contributed by atoms with Gasteiger partial charge in [-0.25, -0.2) is 0 Å². The van der Waals surface area contributed by atoms with Crippen LogP contribution in [0.4, 0.5) is 5.69 Å². The number of amides is 1. The molecule has 1 unspecified atom stereocenters. The molecule has 4 rings (SSSR count). The van der Waals surface area contributed by atoms with E-state index in [0.29, 0.717) is 43.5 Å². The monoisotopic (exact) mass is 421 g/mol. The van der Waals surface area contributed by atoms with Crippen LogP contribution in [0.5, 0.6) is 0 Å². The Balaban J connectivity index is 1.35. The van der Waals surface area contributed by atoms with Gasteiger partial charge in [0, 0.05) is 43.4 Å². The molecule has 9 heteroatoms. The average molecular weight is 421 g/mol. The predicted octanol–water partition coefficient (Wildman–Crippen LogP) is 3.09. The van der Waals surface area contributed by atoms with Crippen LogP contribution in [-0.4, -0.2) is 56.9 Å². The number of nitro groups is 1. The molecule has 31 heavy (non-hydrogen) atoms. The molecule has 160 valence electrons. The van der Waals surface area contributed by atoms with Gasteiger partial charge in [-0.3, -0.25) is 19.8 Å². The molecule has 0 N–H and O–H groups in total. The largest absolute Gasteiger partial charge is 0.340 e. The zero-order valence-electron chi connectivity index (χ0n) is 17.2. The molecule has 0 aliphatic carbocycles. The average Bonchev–Trinajstić information content (AvgIpc) is 3.30. The second kappa shape index (κ2) is 9.05. The number of para-hydroxylation sites is 1. The number of nitrogens with zero attached hydrogens (tertiary/aromatic N) is 5. The van der Waals surface area contributed by atoms with Gasteiger partial charge in [0.15, 0.2) is 0 Å². The fraction of sp³-hybridized carbons (Fsp3) is 0.318. The number of hydrogen-bond acceptors (Lipinski definition) is 7. The van der Waals surface area contributed by atoms with Crippen LogP contribution < -0.4 is 0 Å². The summed E-state index contributed by atoms with van der Waals surface area (Å²) in [5.74, 6) is 0.991. The van der Waals surface area contributed by atoms with Crippen LogP contribution in [0.2, 0.25) is 0 Å². The summed E-state index contributed by atoms with van der Waals surface area (Å²) in [6, 6.07) is 16.0. The van der Waals surface area contributed by atoms with Gasteiger partial charge in [0.1, 0.15) is 0 Å². The first kappa shape index (κ1) is 20.7. The van der Waals surface area contributed by atoms with Crippen molar-refractivity contribution in [2.75, 3.05) is 26.2 Å². The highest BCUT2D eigenvalue weighted by Gasteiger charge is 2.28. The summed E-state index contributed by atoms with van der Waals surface area (Å²) in [7, 11) is 0. The first-order chi connectivity index (χ1) is 15.0. The number of nitro benzene ring substituents is 1. The normalized spacial score (nSPS) is 15.6. The molecule has 1 aliphatic rings. The third-order valence-electron chi connectivity index (χ3n) is 5.58. The molecule has 0 bridgehead atoms. The molecule has 0 saturated carbocycles. The second-order valence-corrected chi connectivity index (χ2v) is 7.48. The molecule has 0 radical (unpaired) electrons. The summed E-state index contributed by atoms with van der Waals surface area (Å²) >= 11 is 0. The van der Waals surface area contributed by atoms with Gasteiger partial charge < -0.3 is 9.42 Å². The standard InChI is InChI=1S/C22H23N5O4/c1-16(22-23-21(24-31-22)17-7-3-2-4-8-17)25-11-13-26(14-12-25)20(28)15-18-9-5-6-10-19(18)27(29)30/h2-10,16H,11-15H2,1H3. The summed E-state index contributed by atoms with van der Waals surface area (Å²) in [5.41, 5.74) is 1.32. The van der Waals surface area contributed by atoms with Crippen molar-refractivity contribution in [2.45, 2.75) is 19.4 Å². The lowest BCUT2D eigenvalue weighted by Gasteiger charge is -2.36. The van der Waals surface area contributed by atoms with Crippen molar-refractivity contribution in [1.29, 1.82) is 0 Å². The Labute approximate surface area is 179 Å². The number of rotatable bonds is 6. The lowest BCUT2D eigenvalue weighted by atomic mass is 10.1. The minimum Gasteiger partial charge on any atom is -0.340 e. The van der Waals surface area contributed by atoms with Crippen LogP contribution in [0.1, 0.15) is 24.4 Å². The molecule has 1 fully saturated rings. The smallest absolute Gasteiger partial charge is 0.273 e. The maximum Gasteiger partial charge on any atom is 0.273 e. The van der Waals surface area contributed by atoms with Gasteiger partial charge in [-0.2, -0.15) is 4.98 Å². The number of carbonyl (C=O) groups excluding carboxylic acids is 1. The van der Waals surface area contributed by atoms with E-state index in [2.05, 4.69) is 15.0 Å². The van der Waals surface area contributed by atoms with Crippen molar-refractivity contribution in [3.8, 4) is 11.4 Å². The fourth-order valence-corrected chi connectivity index (χ4v) is 3.74. The van der Waals surface area contributed by atoms with Crippen LogP contribution in [0.25, 0.3) is 11.4 Å². The topological polar surface area (TPSA) is 106 Å². The molecular formula is C22H23N5O4. The maximum atomic E-state index is 12.7. The van der Waals surface area contributed by atoms with Gasteiger partial charge in [-0.15, -0.1) is 0 Å². The summed E-state index contributed by atoms with van der Waals surface area (Å²) in [6.45, 7) is 4.42. The van der Waals surface area contributed by atoms with E-state index in [1.165, 1.54) is 6.07 Å². The first-order valence-electron chi connectivity index (χ1n) is 10.2. The van der Waals surface area contributed by atoms with Crippen molar-refractivity contribution in [2.24, 2.45) is 0 Å². The van der Waals surface area contributed by atoms with Crippen LogP contribution in [0, 0.1) is 10.1 Å². The summed E-state index contributed by atoms with van der Waals surface area (Å²) in [4.78, 5) is 31.9. The van der Waals surface area contributed by atoms with Gasteiger partial charge in [0.2, 0.25) is 17.6 Å². The highest BCUT2D eigenvalue weighted by molar-refractivity contribution is 5.80. The lowest BCUT2D eigenvalue weighted by molar-refractivity contribution is -0.385. The van der Waals surface area contributed by atoms with Crippen LogP contribution >= 0.6 is 0 Å². The van der Waals surface area contributed by atoms with E-state index in [0.717, 1.165) is 5.56 Å². The molecule has 3 aromatic rings. The van der Waals surface area contributed by atoms with Crippen LogP contribution in [-0.2, 0) is 11.2 Å². The molecule has 2 aromatic carbocycles. The molecular weight excluding hydrogens is 398 g/mol. The third-order valence-corrected chi connectivity index (χ3v) is 5.58. The highest BCUT2D eigenvalue weighted by Crippen LogP contribution is 2.24. The quantitative estimate of drug-likeness (QED) is 0.445. The Bertz CT molecular complexity index is 1060. The molecule has 1 aromatic heterocycles. The number of benzene rings is 2. The second-order valence-electron chi connectivity index (χ2n) is 7.48. The Hall–Kier alpha value is -3.59. The molecule has 1 aliphatic heterocycles. The van der Waals surface area contributed by atoms with Crippen molar-refractivity contribution in [1.82, 2.24) is 19.9 Å². The van der Waals surface area contributed by atoms with Gasteiger partial charge in [-0.05, 0) is 6.92 Å². The molecule has 1 atom stereocenters. The van der Waals surface area contributed by atoms with E-state index in [1.807, 2.05) is 37.3 Å². The first-order valence-corrected chi connectivity index (χ1v) is 10.2. The molecule has 1 amide bonds. The SMILES string of the molecule is CC(c1nc(-c2ccccc2)no1)N1CCN(C(=O)Cc2ccccc2[N+](=O)[O-])CC1. The minimum absolute atomic E-state index is 0.0197. The van der Waals surface area contributed by atoms with E-state index in [4.69, 9.17) is 4.52 Å². The molecule has 9 nitrogen and oxygen atoms in total. The van der Waals surface area contributed by atoms with Crippen molar-refractivity contribution in [3.05, 3.63) is 76.2 Å². The summed E-state index contributed by atoms with van der Waals surface area (Å²) < 4.78 is 5.48. The van der Waals surface area contributed by atoms with E-state index >= 15 is 0 Å². The maximum absolute atomic E-state index is 12.7. The Kier molecular flexibility index (Phi) is 6.03. The zero-order valence-corrected chi connectivity index (χ0v) is 17.2. The number of hydrogen-bond donors (Lipinski definition) is 0. The van der Waals surface area contributed by atoms with Crippen LogP contribution in [0.15, 0.2) is 59.1 Å². The predicted molar refractivity (Wildman–Crippen MR) is 113 cm³/mol. The van der Waals surface area contributed by atoms with Crippen LogP contribution in [0.3, 0.4) is 0 Å². The van der Waals surface area contributed by atoms with Gasteiger partial charge in [0.05, 0.1) is 17.4 Å². The number of piperazine rings is 1. The van der Waals surface area contributed by atoms with Gasteiger partial charge in [-0.1, -0.05) is 53.7 Å². The van der Waals surface area contributed by atoms with Crippen molar-refractivity contribution < 1.29 is 14.2 Å². The van der Waals surface area contributed by atoms with Crippen molar-refractivity contribution >= 4 is 11.6 Å². The molecule has 2 heterocycles. The van der Waals surface area contributed by atoms with E-state index in [9.17, 15) is 14.9 Å². The number of carbonyl (C=O) groups is 1. The van der Waals surface area contributed by atoms with E-state index in [-0.39, 0.29) is 24.1 Å². The lowest BCUT2D eigenvalue weighted by Crippen LogP contribution is -2.49. The Morgan fingerprint density at radius 2 is 1.77 bits per heavy atom.